The molecule has 5 unspecified atom stereocenters. The van der Waals surface area contributed by atoms with Crippen LogP contribution in [0.15, 0.2) is 47.5 Å². The minimum Gasteiger partial charge on any atom is -0.489 e. The molecule has 1 saturated carbocycles. The van der Waals surface area contributed by atoms with E-state index < -0.39 is 0 Å². The van der Waals surface area contributed by atoms with Crippen molar-refractivity contribution in [2.45, 2.75) is 32.8 Å². The third-order valence-electron chi connectivity index (χ3n) is 6.34. The second-order valence-corrected chi connectivity index (χ2v) is 8.57. The van der Waals surface area contributed by atoms with Gasteiger partial charge in [-0.05, 0) is 50.7 Å². The Hall–Kier alpha value is -2.10. The second kappa shape index (κ2) is 11.2. The molecular weight excluding hydrogens is 519 g/mol. The van der Waals surface area contributed by atoms with Gasteiger partial charge in [0.15, 0.2) is 5.96 Å². The van der Waals surface area contributed by atoms with Crippen LogP contribution >= 0.6 is 24.0 Å². The number of rotatable bonds is 9. The quantitative estimate of drug-likeness (QED) is 0.123. The largest absolute Gasteiger partial charge is 0.489 e. The summed E-state index contributed by atoms with van der Waals surface area (Å²) in [5.41, 5.74) is 0. The summed E-state index contributed by atoms with van der Waals surface area (Å²) in [4.78, 5) is 31.6. The molecule has 2 bridgehead atoms. The van der Waals surface area contributed by atoms with Gasteiger partial charge in [0.25, 0.3) is 0 Å². The molecule has 5 atom stereocenters. The Morgan fingerprint density at radius 3 is 2.41 bits per heavy atom. The first kappa shape index (κ1) is 24.5. The van der Waals surface area contributed by atoms with Crippen molar-refractivity contribution < 1.29 is 14.3 Å². The van der Waals surface area contributed by atoms with Gasteiger partial charge in [-0.2, -0.15) is 0 Å². The van der Waals surface area contributed by atoms with E-state index in [0.29, 0.717) is 32.0 Å². The monoisotopic (exact) mass is 552 g/mol. The van der Waals surface area contributed by atoms with E-state index in [9.17, 15) is 9.59 Å². The summed E-state index contributed by atoms with van der Waals surface area (Å²) < 4.78 is 5.87. The highest BCUT2D eigenvalue weighted by molar-refractivity contribution is 14.0. The van der Waals surface area contributed by atoms with E-state index in [1.807, 2.05) is 44.2 Å². The molecule has 7 nitrogen and oxygen atoms in total. The Bertz CT molecular complexity index is 830. The third-order valence-corrected chi connectivity index (χ3v) is 6.34. The number of carbonyl (C=O) groups is 2. The molecule has 1 saturated heterocycles. The van der Waals surface area contributed by atoms with Crippen LogP contribution in [0.4, 0.5) is 0 Å². The van der Waals surface area contributed by atoms with Crippen molar-refractivity contribution in [3.8, 4) is 5.75 Å². The van der Waals surface area contributed by atoms with Crippen molar-refractivity contribution in [2.24, 2.45) is 28.7 Å². The zero-order valence-corrected chi connectivity index (χ0v) is 21.0. The van der Waals surface area contributed by atoms with Gasteiger partial charge in [0.1, 0.15) is 11.9 Å². The molecule has 174 valence electrons. The number of para-hydroxylation sites is 1. The fourth-order valence-corrected chi connectivity index (χ4v) is 4.96. The fourth-order valence-electron chi connectivity index (χ4n) is 4.96. The molecule has 4 rings (SSSR count). The Morgan fingerprint density at radius 1 is 1.12 bits per heavy atom. The summed E-state index contributed by atoms with van der Waals surface area (Å²) >= 11 is 0. The van der Waals surface area contributed by atoms with Crippen molar-refractivity contribution in [3.05, 3.63) is 42.5 Å². The van der Waals surface area contributed by atoms with Crippen LogP contribution in [-0.2, 0) is 9.59 Å². The Labute approximate surface area is 207 Å². The van der Waals surface area contributed by atoms with Gasteiger partial charge < -0.3 is 15.4 Å². The van der Waals surface area contributed by atoms with E-state index in [4.69, 9.17) is 4.74 Å². The molecule has 0 radical (unpaired) electrons. The molecule has 2 fully saturated rings. The fraction of sp³-hybridized carbons (Fsp3) is 0.542. The summed E-state index contributed by atoms with van der Waals surface area (Å²) in [6.45, 7) is 6.38. The topological polar surface area (TPSA) is 83.0 Å². The number of fused-ring (bicyclic) bond motifs is 5. The maximum Gasteiger partial charge on any atom is 0.233 e. The Balaban J connectivity index is 0.00000289. The lowest BCUT2D eigenvalue weighted by molar-refractivity contribution is -0.140. The molecule has 32 heavy (non-hydrogen) atoms. The summed E-state index contributed by atoms with van der Waals surface area (Å²) in [5.74, 6) is 1.91. The summed E-state index contributed by atoms with van der Waals surface area (Å²) in [5, 5.41) is 6.52. The standard InChI is InChI=1S/C24H32N4O3.HI/c1-3-25-24(27-15-16(2)31-19-8-5-4-6-9-19)26-12-7-13-28-22(29)20-17-10-11-18(14-17)21(20)23(28)30;/h4-6,8-11,16-18,20-21H,3,7,12-15H2,1-2H3,(H2,25,26,27);1H. The SMILES string of the molecule is CCNC(=NCC(C)Oc1ccccc1)NCCCN1C(=O)C2C3C=CC(C3)C2C1=O.I. The summed E-state index contributed by atoms with van der Waals surface area (Å²) in [6, 6.07) is 9.71. The number of halogens is 1. The average molecular weight is 552 g/mol. The van der Waals surface area contributed by atoms with Crippen LogP contribution in [0.25, 0.3) is 0 Å². The number of likely N-dealkylation sites (tertiary alicyclic amines) is 1. The Kier molecular flexibility index (Phi) is 8.56. The van der Waals surface area contributed by atoms with Crippen molar-refractivity contribution >= 4 is 41.8 Å². The lowest BCUT2D eigenvalue weighted by Crippen LogP contribution is -2.40. The smallest absolute Gasteiger partial charge is 0.233 e. The molecule has 8 heteroatoms. The number of aliphatic imine (C=N–C) groups is 1. The second-order valence-electron chi connectivity index (χ2n) is 8.57. The normalized spacial score (nSPS) is 26.7. The Morgan fingerprint density at radius 2 is 1.78 bits per heavy atom. The number of hydrogen-bond acceptors (Lipinski definition) is 4. The van der Waals surface area contributed by atoms with Crippen molar-refractivity contribution in [3.63, 3.8) is 0 Å². The van der Waals surface area contributed by atoms with Crippen molar-refractivity contribution in [1.29, 1.82) is 0 Å². The number of nitrogens with one attached hydrogen (secondary N) is 2. The number of hydrogen-bond donors (Lipinski definition) is 2. The predicted molar refractivity (Wildman–Crippen MR) is 135 cm³/mol. The van der Waals surface area contributed by atoms with Crippen LogP contribution in [0.1, 0.15) is 26.7 Å². The molecule has 0 aromatic heterocycles. The van der Waals surface area contributed by atoms with E-state index in [1.54, 1.807) is 0 Å². The van der Waals surface area contributed by atoms with E-state index in [0.717, 1.165) is 18.7 Å². The molecular formula is C24H33IN4O3. The van der Waals surface area contributed by atoms with E-state index in [-0.39, 0.29) is 65.6 Å². The number of nitrogens with zero attached hydrogens (tertiary/aromatic N) is 2. The lowest BCUT2D eigenvalue weighted by atomic mass is 9.85. The van der Waals surface area contributed by atoms with Gasteiger partial charge in [-0.15, -0.1) is 24.0 Å². The van der Waals surface area contributed by atoms with Gasteiger partial charge in [-0.3, -0.25) is 14.5 Å². The van der Waals surface area contributed by atoms with Crippen LogP contribution in [0.3, 0.4) is 0 Å². The first-order valence-corrected chi connectivity index (χ1v) is 11.4. The summed E-state index contributed by atoms with van der Waals surface area (Å²) in [7, 11) is 0. The molecule has 1 aromatic rings. The van der Waals surface area contributed by atoms with E-state index >= 15 is 0 Å². The van der Waals surface area contributed by atoms with E-state index in [2.05, 4.69) is 27.8 Å². The van der Waals surface area contributed by atoms with Gasteiger partial charge in [0.2, 0.25) is 11.8 Å². The first-order chi connectivity index (χ1) is 15.1. The van der Waals surface area contributed by atoms with Gasteiger partial charge in [-0.1, -0.05) is 30.4 Å². The number of benzene rings is 1. The highest BCUT2D eigenvalue weighted by atomic mass is 127. The van der Waals surface area contributed by atoms with Crippen LogP contribution in [0.5, 0.6) is 5.75 Å². The van der Waals surface area contributed by atoms with Gasteiger partial charge in [-0.25, -0.2) is 4.99 Å². The number of allylic oxidation sites excluding steroid dienone is 2. The molecule has 0 spiro atoms. The molecule has 2 amide bonds. The number of ether oxygens (including phenoxy) is 1. The minimum atomic E-state index is -0.111. The number of carbonyl (C=O) groups excluding carboxylic acids is 2. The van der Waals surface area contributed by atoms with Gasteiger partial charge >= 0.3 is 0 Å². The zero-order chi connectivity index (χ0) is 21.8. The van der Waals surface area contributed by atoms with Gasteiger partial charge in [0.05, 0.1) is 18.4 Å². The van der Waals surface area contributed by atoms with E-state index in [1.165, 1.54) is 4.90 Å². The van der Waals surface area contributed by atoms with Crippen LogP contribution < -0.4 is 15.4 Å². The number of amides is 2. The van der Waals surface area contributed by atoms with Gasteiger partial charge in [0, 0.05) is 19.6 Å². The summed E-state index contributed by atoms with van der Waals surface area (Å²) in [6.07, 6.45) is 5.87. The molecule has 2 aliphatic carbocycles. The lowest BCUT2D eigenvalue weighted by Gasteiger charge is -2.18. The molecule has 1 aliphatic heterocycles. The predicted octanol–water partition coefficient (Wildman–Crippen LogP) is 2.82. The highest BCUT2D eigenvalue weighted by Gasteiger charge is 2.58. The minimum absolute atomic E-state index is 0. The zero-order valence-electron chi connectivity index (χ0n) is 18.7. The number of imide groups is 1. The molecule has 3 aliphatic rings. The average Bonchev–Trinajstić information content (AvgIpc) is 3.45. The maximum atomic E-state index is 12.7. The first-order valence-electron chi connectivity index (χ1n) is 11.4. The number of guanidine groups is 1. The maximum absolute atomic E-state index is 12.7. The van der Waals surface area contributed by atoms with Crippen LogP contribution in [0.2, 0.25) is 0 Å². The molecule has 1 heterocycles. The molecule has 1 aromatic carbocycles. The highest BCUT2D eigenvalue weighted by Crippen LogP contribution is 2.52. The van der Waals surface area contributed by atoms with Crippen LogP contribution in [0, 0.1) is 23.7 Å². The van der Waals surface area contributed by atoms with Crippen molar-refractivity contribution in [1.82, 2.24) is 15.5 Å². The van der Waals surface area contributed by atoms with Crippen LogP contribution in [-0.4, -0.2) is 55.0 Å². The molecule has 2 N–H and O–H groups in total. The van der Waals surface area contributed by atoms with Crippen molar-refractivity contribution in [2.75, 3.05) is 26.2 Å². The third kappa shape index (κ3) is 5.27.